The first-order chi connectivity index (χ1) is 26.9. The van der Waals surface area contributed by atoms with Crippen LogP contribution in [0.2, 0.25) is 0 Å². The Kier molecular flexibility index (Phi) is 20.1. The fourth-order valence-electron chi connectivity index (χ4n) is 7.07. The predicted molar refractivity (Wildman–Crippen MR) is 215 cm³/mol. The number of hydrogen-bond acceptors (Lipinski definition) is 8. The van der Waals surface area contributed by atoms with Gasteiger partial charge in [0.05, 0.1) is 18.8 Å². The Morgan fingerprint density at radius 3 is 2.21 bits per heavy atom. The molecule has 1 aromatic carbocycles. The molecule has 13 nitrogen and oxygen atoms in total. The van der Waals surface area contributed by atoms with E-state index in [0.29, 0.717) is 31.6 Å². The van der Waals surface area contributed by atoms with E-state index in [1.165, 1.54) is 25.3 Å². The number of pyridine rings is 1. The van der Waals surface area contributed by atoms with Gasteiger partial charge >= 0.3 is 6.09 Å². The van der Waals surface area contributed by atoms with E-state index in [1.807, 2.05) is 69.3 Å². The number of ether oxygens (including phenoxy) is 1. The van der Waals surface area contributed by atoms with Crippen molar-refractivity contribution in [3.8, 4) is 0 Å². The molecule has 56 heavy (non-hydrogen) atoms. The number of ketones is 1. The molecule has 5 amide bonds. The highest BCUT2D eigenvalue weighted by atomic mass is 16.6. The van der Waals surface area contributed by atoms with Crippen LogP contribution in [-0.4, -0.2) is 83.7 Å². The van der Waals surface area contributed by atoms with E-state index in [2.05, 4.69) is 26.3 Å². The number of carbonyl (C=O) groups is 6. The number of nitrogens with zero attached hydrogens (tertiary/aromatic N) is 2. The smallest absolute Gasteiger partial charge is 0.410 e. The van der Waals surface area contributed by atoms with Crippen molar-refractivity contribution in [2.24, 2.45) is 17.8 Å². The average Bonchev–Trinajstić information content (AvgIpc) is 3.18. The summed E-state index contributed by atoms with van der Waals surface area (Å²) in [7, 11) is 1.50. The van der Waals surface area contributed by atoms with Crippen molar-refractivity contribution in [3.05, 3.63) is 66.0 Å². The topological polar surface area (TPSA) is 176 Å². The van der Waals surface area contributed by atoms with Crippen LogP contribution < -0.4 is 21.3 Å². The summed E-state index contributed by atoms with van der Waals surface area (Å²) in [6.45, 7) is 7.49. The largest absolute Gasteiger partial charge is 0.436 e. The van der Waals surface area contributed by atoms with Crippen molar-refractivity contribution in [1.29, 1.82) is 0 Å². The molecule has 1 aliphatic carbocycles. The zero-order valence-corrected chi connectivity index (χ0v) is 34.0. The summed E-state index contributed by atoms with van der Waals surface area (Å²) in [4.78, 5) is 83.5. The Bertz CT molecular complexity index is 1530. The molecule has 0 radical (unpaired) electrons. The van der Waals surface area contributed by atoms with E-state index in [0.717, 1.165) is 43.4 Å². The number of carbonyl (C=O) groups excluding carboxylic acids is 6. The number of Topliss-reactive ketones (excluding diaryl/α,β-unsaturated/α-hetero) is 1. The van der Waals surface area contributed by atoms with Gasteiger partial charge in [-0.15, -0.1) is 0 Å². The summed E-state index contributed by atoms with van der Waals surface area (Å²) in [5.74, 6) is -1.44. The third kappa shape index (κ3) is 16.9. The molecule has 4 N–H and O–H groups in total. The standard InChI is InChI=1S/C43H64N6O7/c1-6-15-37(41(53)45-28-35-20-13-14-24-44-35)48-40(52)36(30(2)3)22-21-34(26-32-16-9-7-10-17-32)47-39(51)29-46-42(54)38(27-33-18-11-8-12-19-33)56-43(55)49(5)25-23-31(4)50/h8,11-14,18-20,24,30,32,34,36-38H,6-7,9-10,15-17,21-23,25-29H2,1-5H3,(H,45,53)(H,46,54)(H,47,51)(H,48,52)/t34?,36-,37-,38-/m0/s1. The minimum absolute atomic E-state index is 0.00931. The van der Waals surface area contributed by atoms with E-state index >= 15 is 0 Å². The molecule has 4 atom stereocenters. The molecular weight excluding hydrogens is 713 g/mol. The van der Waals surface area contributed by atoms with E-state index in [4.69, 9.17) is 4.74 Å². The van der Waals surface area contributed by atoms with Crippen molar-refractivity contribution in [3.63, 3.8) is 0 Å². The maximum Gasteiger partial charge on any atom is 0.410 e. The molecule has 1 saturated carbocycles. The molecule has 1 aliphatic rings. The molecule has 1 heterocycles. The molecule has 13 heteroatoms. The summed E-state index contributed by atoms with van der Waals surface area (Å²) < 4.78 is 5.59. The average molecular weight is 777 g/mol. The van der Waals surface area contributed by atoms with Crippen LogP contribution in [0.3, 0.4) is 0 Å². The number of aromatic nitrogens is 1. The van der Waals surface area contributed by atoms with Gasteiger partial charge in [-0.1, -0.05) is 95.7 Å². The van der Waals surface area contributed by atoms with E-state index in [-0.39, 0.29) is 73.9 Å². The number of rotatable bonds is 23. The maximum atomic E-state index is 13.7. The number of amides is 5. The second-order valence-electron chi connectivity index (χ2n) is 15.5. The van der Waals surface area contributed by atoms with Crippen LogP contribution in [0, 0.1) is 17.8 Å². The van der Waals surface area contributed by atoms with Crippen molar-refractivity contribution in [2.75, 3.05) is 20.1 Å². The van der Waals surface area contributed by atoms with Gasteiger partial charge in [-0.25, -0.2) is 4.79 Å². The fraction of sp³-hybridized carbons (Fsp3) is 0.605. The van der Waals surface area contributed by atoms with Gasteiger partial charge in [0.2, 0.25) is 17.7 Å². The third-order valence-corrected chi connectivity index (χ3v) is 10.4. The van der Waals surface area contributed by atoms with E-state index < -0.39 is 24.1 Å². The van der Waals surface area contributed by atoms with Crippen LogP contribution in [-0.2, 0) is 41.7 Å². The van der Waals surface area contributed by atoms with Gasteiger partial charge in [0, 0.05) is 44.6 Å². The molecule has 1 unspecified atom stereocenters. The summed E-state index contributed by atoms with van der Waals surface area (Å²) in [5, 5.41) is 11.7. The summed E-state index contributed by atoms with van der Waals surface area (Å²) in [6, 6.07) is 13.7. The van der Waals surface area contributed by atoms with Crippen LogP contribution in [0.25, 0.3) is 0 Å². The minimum atomic E-state index is -1.20. The zero-order chi connectivity index (χ0) is 40.9. The van der Waals surface area contributed by atoms with Gasteiger partial charge in [-0.05, 0) is 62.1 Å². The molecule has 0 saturated heterocycles. The first-order valence-electron chi connectivity index (χ1n) is 20.4. The highest BCUT2D eigenvalue weighted by Gasteiger charge is 2.30. The molecule has 1 fully saturated rings. The Balaban J connectivity index is 1.64. The van der Waals surface area contributed by atoms with Gasteiger partial charge in [0.15, 0.2) is 6.10 Å². The molecular formula is C43H64N6O7. The number of hydrogen-bond donors (Lipinski definition) is 4. The van der Waals surface area contributed by atoms with Gasteiger partial charge < -0.3 is 30.9 Å². The van der Waals surface area contributed by atoms with E-state index in [9.17, 15) is 28.8 Å². The summed E-state index contributed by atoms with van der Waals surface area (Å²) in [6.07, 6.45) is 8.69. The lowest BCUT2D eigenvalue weighted by atomic mass is 9.82. The second-order valence-corrected chi connectivity index (χ2v) is 15.5. The number of benzene rings is 1. The van der Waals surface area contributed by atoms with Crippen molar-refractivity contribution < 1.29 is 33.5 Å². The lowest BCUT2D eigenvalue weighted by Gasteiger charge is -2.29. The highest BCUT2D eigenvalue weighted by molar-refractivity contribution is 5.89. The van der Waals surface area contributed by atoms with Gasteiger partial charge in [-0.3, -0.25) is 29.0 Å². The van der Waals surface area contributed by atoms with Crippen molar-refractivity contribution in [1.82, 2.24) is 31.2 Å². The summed E-state index contributed by atoms with van der Waals surface area (Å²) in [5.41, 5.74) is 1.51. The Morgan fingerprint density at radius 1 is 0.857 bits per heavy atom. The quantitative estimate of drug-likeness (QED) is 0.118. The fourth-order valence-corrected chi connectivity index (χ4v) is 7.07. The first kappa shape index (κ1) is 45.6. The molecule has 3 rings (SSSR count). The lowest BCUT2D eigenvalue weighted by Crippen LogP contribution is -2.49. The molecule has 1 aromatic heterocycles. The maximum absolute atomic E-state index is 13.7. The second kappa shape index (κ2) is 24.7. The summed E-state index contributed by atoms with van der Waals surface area (Å²) >= 11 is 0. The van der Waals surface area contributed by atoms with Gasteiger partial charge in [0.1, 0.15) is 11.8 Å². The molecule has 0 bridgehead atoms. The minimum Gasteiger partial charge on any atom is -0.436 e. The van der Waals surface area contributed by atoms with Gasteiger partial charge in [-0.2, -0.15) is 0 Å². The Hall–Kier alpha value is -4.81. The van der Waals surface area contributed by atoms with E-state index in [1.54, 1.807) is 6.20 Å². The van der Waals surface area contributed by atoms with Crippen LogP contribution in [0.5, 0.6) is 0 Å². The molecule has 0 spiro atoms. The van der Waals surface area contributed by atoms with Crippen LogP contribution in [0.1, 0.15) is 110 Å². The van der Waals surface area contributed by atoms with Crippen LogP contribution >= 0.6 is 0 Å². The third-order valence-electron chi connectivity index (χ3n) is 10.4. The molecule has 2 aromatic rings. The Morgan fingerprint density at radius 2 is 1.57 bits per heavy atom. The zero-order valence-electron chi connectivity index (χ0n) is 34.0. The van der Waals surface area contributed by atoms with Crippen molar-refractivity contribution >= 4 is 35.5 Å². The van der Waals surface area contributed by atoms with Crippen molar-refractivity contribution in [2.45, 2.75) is 129 Å². The molecule has 0 aliphatic heterocycles. The van der Waals surface area contributed by atoms with Crippen LogP contribution in [0.15, 0.2) is 54.7 Å². The Labute approximate surface area is 332 Å². The first-order valence-corrected chi connectivity index (χ1v) is 20.4. The normalized spacial score (nSPS) is 15.1. The number of nitrogens with one attached hydrogen (secondary N) is 4. The predicted octanol–water partition coefficient (Wildman–Crippen LogP) is 5.27. The highest BCUT2D eigenvalue weighted by Crippen LogP contribution is 2.29. The molecule has 308 valence electrons. The lowest BCUT2D eigenvalue weighted by molar-refractivity contribution is -0.133. The van der Waals surface area contributed by atoms with Gasteiger partial charge in [0.25, 0.3) is 5.91 Å². The van der Waals surface area contributed by atoms with Crippen LogP contribution in [0.4, 0.5) is 4.79 Å². The SMILES string of the molecule is CCC[C@H](NC(=O)[C@@H](CCC(CC1CCCCC1)NC(=O)CNC(=O)[C@H](Cc1ccccc1)OC(=O)N(C)CCC(C)=O)C(C)C)C(=O)NCc1ccccn1. The monoisotopic (exact) mass is 776 g/mol.